The molecule has 260 valence electrons. The molecule has 5 nitrogen and oxygen atoms in total. The first-order valence-corrected chi connectivity index (χ1v) is 19.1. The molecule has 0 saturated heterocycles. The maximum absolute atomic E-state index is 13.6. The summed E-state index contributed by atoms with van der Waals surface area (Å²) >= 11 is 0. The summed E-state index contributed by atoms with van der Waals surface area (Å²) < 4.78 is 0. The molecular weight excluding hydrogens is 643 g/mol. The molecule has 2 atom stereocenters. The van der Waals surface area contributed by atoms with Crippen LogP contribution in [0.4, 0.5) is 11.4 Å². The molecule has 5 aromatic rings. The molecular formula is C47H43NO4. The molecule has 1 fully saturated rings. The van der Waals surface area contributed by atoms with E-state index in [1.54, 1.807) is 6.08 Å². The fourth-order valence-corrected chi connectivity index (χ4v) is 10.1. The first-order valence-electron chi connectivity index (χ1n) is 19.1. The number of carboxylic acids is 1. The molecule has 2 unspecified atom stereocenters. The molecule has 0 bridgehead atoms. The summed E-state index contributed by atoms with van der Waals surface area (Å²) in [7, 11) is 0. The number of Topliss-reactive ketones (excluding diaryl/α,β-unsaturated/α-hetero) is 2. The Morgan fingerprint density at radius 3 is 2.25 bits per heavy atom. The molecule has 0 amide bonds. The van der Waals surface area contributed by atoms with E-state index in [1.165, 1.54) is 95.9 Å². The normalized spacial score (nSPS) is 20.0. The van der Waals surface area contributed by atoms with Gasteiger partial charge >= 0.3 is 5.97 Å². The zero-order chi connectivity index (χ0) is 35.7. The smallest absolute Gasteiger partial charge is 0.335 e. The van der Waals surface area contributed by atoms with Gasteiger partial charge < -0.3 is 10.0 Å². The lowest BCUT2D eigenvalue weighted by Crippen LogP contribution is -2.27. The largest absolute Gasteiger partial charge is 0.478 e. The molecule has 1 saturated carbocycles. The number of benzene rings is 5. The number of carbonyl (C=O) groups excluding carboxylic acids is 2. The van der Waals surface area contributed by atoms with Gasteiger partial charge in [-0.2, -0.15) is 0 Å². The van der Waals surface area contributed by atoms with E-state index in [9.17, 15) is 19.5 Å². The lowest BCUT2D eigenvalue weighted by atomic mass is 9.71. The highest BCUT2D eigenvalue weighted by molar-refractivity contribution is 6.41. The molecule has 0 aromatic heterocycles. The second kappa shape index (κ2) is 12.4. The first-order chi connectivity index (χ1) is 25.4. The number of nitrogens with zero attached hydrogens (tertiary/aromatic N) is 1. The number of hydrogen-bond acceptors (Lipinski definition) is 4. The summed E-state index contributed by atoms with van der Waals surface area (Å²) in [4.78, 5) is 41.5. The van der Waals surface area contributed by atoms with Crippen molar-refractivity contribution in [1.29, 1.82) is 0 Å². The van der Waals surface area contributed by atoms with Crippen LogP contribution in [0.2, 0.25) is 0 Å². The van der Waals surface area contributed by atoms with Crippen molar-refractivity contribution in [2.24, 2.45) is 0 Å². The number of carboxylic acid groups (broad SMARTS) is 1. The Labute approximate surface area is 305 Å². The van der Waals surface area contributed by atoms with E-state index in [0.29, 0.717) is 12.0 Å². The Morgan fingerprint density at radius 2 is 1.48 bits per heavy atom. The van der Waals surface area contributed by atoms with Crippen LogP contribution < -0.4 is 4.90 Å². The summed E-state index contributed by atoms with van der Waals surface area (Å²) in [5, 5.41) is 11.6. The highest BCUT2D eigenvalue weighted by Crippen LogP contribution is 2.58. The predicted octanol–water partition coefficient (Wildman–Crippen LogP) is 11.4. The van der Waals surface area contributed by atoms with Crippen molar-refractivity contribution in [3.8, 4) is 11.1 Å². The van der Waals surface area contributed by atoms with E-state index in [2.05, 4.69) is 85.5 Å². The monoisotopic (exact) mass is 685 g/mol. The lowest BCUT2D eigenvalue weighted by Gasteiger charge is -2.33. The maximum atomic E-state index is 13.6. The number of ketones is 2. The Balaban J connectivity index is 1.19. The molecule has 52 heavy (non-hydrogen) atoms. The van der Waals surface area contributed by atoms with Gasteiger partial charge in [0.15, 0.2) is 11.6 Å². The number of anilines is 2. The minimum atomic E-state index is -1.12. The van der Waals surface area contributed by atoms with E-state index < -0.39 is 11.8 Å². The summed E-state index contributed by atoms with van der Waals surface area (Å²) in [5.41, 5.74) is 10.9. The molecule has 5 aromatic carbocycles. The van der Waals surface area contributed by atoms with Crippen molar-refractivity contribution in [1.82, 2.24) is 0 Å². The van der Waals surface area contributed by atoms with E-state index in [4.69, 9.17) is 0 Å². The van der Waals surface area contributed by atoms with Crippen LogP contribution in [0.25, 0.3) is 28.0 Å². The molecule has 1 heterocycles. The van der Waals surface area contributed by atoms with E-state index in [1.807, 2.05) is 6.07 Å². The van der Waals surface area contributed by atoms with Gasteiger partial charge in [-0.3, -0.25) is 9.59 Å². The van der Waals surface area contributed by atoms with Crippen LogP contribution >= 0.6 is 0 Å². The van der Waals surface area contributed by atoms with Gasteiger partial charge in [0.1, 0.15) is 0 Å². The third kappa shape index (κ3) is 4.71. The van der Waals surface area contributed by atoms with E-state index >= 15 is 0 Å². The number of carbonyl (C=O) groups is 3. The zero-order valence-electron chi connectivity index (χ0n) is 29.9. The fourth-order valence-electron chi connectivity index (χ4n) is 10.1. The Bertz CT molecular complexity index is 2360. The first kappa shape index (κ1) is 32.6. The minimum absolute atomic E-state index is 0.000788. The van der Waals surface area contributed by atoms with Gasteiger partial charge in [0.05, 0.1) is 16.8 Å². The molecule has 5 heteroatoms. The maximum Gasteiger partial charge on any atom is 0.335 e. The highest BCUT2D eigenvalue weighted by Gasteiger charge is 2.46. The Kier molecular flexibility index (Phi) is 7.80. The Hall–Kier alpha value is -5.29. The summed E-state index contributed by atoms with van der Waals surface area (Å²) in [6, 6.07) is 31.5. The second-order valence-corrected chi connectivity index (χ2v) is 15.3. The quantitative estimate of drug-likeness (QED) is 0.123. The van der Waals surface area contributed by atoms with Crippen LogP contribution in [0.15, 0.2) is 96.6 Å². The Morgan fingerprint density at radius 1 is 0.769 bits per heavy atom. The molecule has 1 aliphatic heterocycles. The van der Waals surface area contributed by atoms with Gasteiger partial charge in [-0.15, -0.1) is 0 Å². The molecule has 9 rings (SSSR count). The van der Waals surface area contributed by atoms with Crippen molar-refractivity contribution >= 4 is 45.8 Å². The second-order valence-electron chi connectivity index (χ2n) is 15.3. The van der Waals surface area contributed by atoms with E-state index in [0.717, 1.165) is 35.6 Å². The van der Waals surface area contributed by atoms with Crippen LogP contribution in [-0.4, -0.2) is 28.7 Å². The zero-order valence-corrected chi connectivity index (χ0v) is 29.9. The molecule has 0 spiro atoms. The van der Waals surface area contributed by atoms with Crippen LogP contribution in [0, 0.1) is 0 Å². The molecule has 1 N–H and O–H groups in total. The third-order valence-corrected chi connectivity index (χ3v) is 12.5. The molecule has 3 aliphatic carbocycles. The van der Waals surface area contributed by atoms with Gasteiger partial charge in [-0.25, -0.2) is 4.79 Å². The van der Waals surface area contributed by atoms with Crippen LogP contribution in [0.3, 0.4) is 0 Å². The van der Waals surface area contributed by atoms with Crippen molar-refractivity contribution < 1.29 is 19.5 Å². The fraction of sp³-hybridized carbons (Fsp3) is 0.298. The van der Waals surface area contributed by atoms with Gasteiger partial charge in [0.25, 0.3) is 0 Å². The van der Waals surface area contributed by atoms with Crippen molar-refractivity contribution in [3.63, 3.8) is 0 Å². The van der Waals surface area contributed by atoms with Crippen LogP contribution in [0.5, 0.6) is 0 Å². The van der Waals surface area contributed by atoms with Gasteiger partial charge in [0, 0.05) is 39.6 Å². The standard InChI is InChI=1S/C47H43NO4/c1-3-5-22-47(23-6-4-2)40-16-10-9-13-32(40)36-27-30(19-21-41(36)47)48-42-17-11-15-33(42)37-25-29(31-12-7-8-14-34(31)43(37)48)26-39-44(49)35-20-18-28(46(51)52)24-38(35)45(39)50/h7-10,12-14,16,18-21,24-27,33,42H,3-6,11,15,17,22-23H2,1-2H3,(H,51,52)/b39-26+. The van der Waals surface area contributed by atoms with Crippen molar-refractivity contribution in [2.45, 2.75) is 89.0 Å². The predicted molar refractivity (Wildman–Crippen MR) is 208 cm³/mol. The highest BCUT2D eigenvalue weighted by atomic mass is 16.4. The SMILES string of the molecule is CCCCC1(CCCC)c2ccccc2-c2cc(N3c4c(cc(/C=C5\C(=O)c6ccc(C(=O)O)cc6C5=O)c5ccccc45)C4CCCC43)ccc21. The third-order valence-electron chi connectivity index (χ3n) is 12.5. The van der Waals surface area contributed by atoms with Gasteiger partial charge in [-0.1, -0.05) is 101 Å². The van der Waals surface area contributed by atoms with Crippen molar-refractivity contribution in [2.75, 3.05) is 4.90 Å². The van der Waals surface area contributed by atoms with Gasteiger partial charge in [0.2, 0.25) is 0 Å². The summed E-state index contributed by atoms with van der Waals surface area (Å²) in [6.07, 6.45) is 12.2. The van der Waals surface area contributed by atoms with Crippen LogP contribution in [-0.2, 0) is 5.41 Å². The minimum Gasteiger partial charge on any atom is -0.478 e. The van der Waals surface area contributed by atoms with Crippen LogP contribution in [0.1, 0.15) is 131 Å². The summed E-state index contributed by atoms with van der Waals surface area (Å²) in [5.74, 6) is -1.55. The number of aromatic carboxylic acids is 1. The van der Waals surface area contributed by atoms with Gasteiger partial charge in [-0.05, 0) is 107 Å². The summed E-state index contributed by atoms with van der Waals surface area (Å²) in [6.45, 7) is 4.60. The average molecular weight is 686 g/mol. The lowest BCUT2D eigenvalue weighted by molar-refractivity contribution is 0.0696. The number of hydrogen-bond donors (Lipinski definition) is 1. The van der Waals surface area contributed by atoms with E-state index in [-0.39, 0.29) is 33.5 Å². The number of unbranched alkanes of at least 4 members (excludes halogenated alkanes) is 2. The number of allylic oxidation sites excluding steroid dienone is 1. The topological polar surface area (TPSA) is 74.7 Å². The van der Waals surface area contributed by atoms with Crippen molar-refractivity contribution in [3.05, 3.63) is 136 Å². The average Bonchev–Trinajstić information content (AvgIpc) is 3.90. The number of rotatable bonds is 9. The number of fused-ring (bicyclic) bond motifs is 9. The molecule has 4 aliphatic rings. The molecule has 0 radical (unpaired) electrons.